The van der Waals surface area contributed by atoms with Crippen LogP contribution in [-0.4, -0.2) is 5.84 Å². The summed E-state index contributed by atoms with van der Waals surface area (Å²) in [6.07, 6.45) is 1.34. The highest BCUT2D eigenvalue weighted by Crippen LogP contribution is 2.32. The van der Waals surface area contributed by atoms with Crippen molar-refractivity contribution in [3.8, 4) is 6.07 Å². The highest BCUT2D eigenvalue weighted by Gasteiger charge is 2.22. The van der Waals surface area contributed by atoms with Crippen LogP contribution in [0.1, 0.15) is 5.56 Å². The summed E-state index contributed by atoms with van der Waals surface area (Å²) in [6.45, 7) is 0. The Morgan fingerprint density at radius 3 is 2.72 bits per heavy atom. The lowest BCUT2D eigenvalue weighted by Gasteiger charge is -2.11. The maximum absolute atomic E-state index is 12.9. The van der Waals surface area contributed by atoms with E-state index in [4.69, 9.17) is 10.2 Å². The topological polar surface area (TPSA) is 104 Å². The zero-order valence-corrected chi connectivity index (χ0v) is 13.0. The van der Waals surface area contributed by atoms with Crippen molar-refractivity contribution in [2.24, 2.45) is 10.7 Å². The highest BCUT2D eigenvalue weighted by molar-refractivity contribution is 6.12. The SMILES string of the molecule is N#CC1=C(c2coc3ccccc3c2=O)Nc2ccccc2N=C1N. The molecule has 0 fully saturated rings. The number of nitrogens with zero attached hydrogens (tertiary/aromatic N) is 2. The molecule has 0 aliphatic carbocycles. The molecular formula is C19H12N4O2. The van der Waals surface area contributed by atoms with Crippen molar-refractivity contribution < 1.29 is 4.42 Å². The summed E-state index contributed by atoms with van der Waals surface area (Å²) < 4.78 is 5.57. The lowest BCUT2D eigenvalue weighted by Crippen LogP contribution is -2.19. The fourth-order valence-electron chi connectivity index (χ4n) is 2.75. The van der Waals surface area contributed by atoms with Crippen LogP contribution in [0.25, 0.3) is 16.7 Å². The monoisotopic (exact) mass is 328 g/mol. The van der Waals surface area contributed by atoms with Crippen LogP contribution >= 0.6 is 0 Å². The molecule has 0 saturated carbocycles. The second kappa shape index (κ2) is 5.65. The second-order valence-electron chi connectivity index (χ2n) is 5.48. The Morgan fingerprint density at radius 1 is 1.12 bits per heavy atom. The maximum Gasteiger partial charge on any atom is 0.202 e. The van der Waals surface area contributed by atoms with E-state index in [1.54, 1.807) is 36.4 Å². The molecule has 2 heterocycles. The van der Waals surface area contributed by atoms with Crippen LogP contribution in [0.2, 0.25) is 0 Å². The van der Waals surface area contributed by atoms with Gasteiger partial charge in [0, 0.05) is 0 Å². The van der Waals surface area contributed by atoms with Gasteiger partial charge in [0.1, 0.15) is 29.3 Å². The molecule has 0 atom stereocenters. The number of amidine groups is 1. The van der Waals surface area contributed by atoms with E-state index >= 15 is 0 Å². The maximum atomic E-state index is 12.9. The smallest absolute Gasteiger partial charge is 0.202 e. The first kappa shape index (κ1) is 14.7. The van der Waals surface area contributed by atoms with Gasteiger partial charge in [-0.05, 0) is 24.3 Å². The third-order valence-corrected chi connectivity index (χ3v) is 3.97. The lowest BCUT2D eigenvalue weighted by molar-refractivity contribution is 0.600. The summed E-state index contributed by atoms with van der Waals surface area (Å²) in [5.74, 6) is 0.0440. The van der Waals surface area contributed by atoms with Gasteiger partial charge in [-0.15, -0.1) is 0 Å². The average Bonchev–Trinajstić information content (AvgIpc) is 2.77. The number of fused-ring (bicyclic) bond motifs is 2. The lowest BCUT2D eigenvalue weighted by atomic mass is 10.1. The largest absolute Gasteiger partial charge is 0.463 e. The molecule has 0 amide bonds. The number of nitrogens with one attached hydrogen (secondary N) is 1. The molecule has 0 radical (unpaired) electrons. The summed E-state index contributed by atoms with van der Waals surface area (Å²) in [5, 5.41) is 13.1. The van der Waals surface area contributed by atoms with Crippen LogP contribution < -0.4 is 16.5 Å². The molecule has 0 spiro atoms. The Bertz CT molecular complexity index is 1170. The van der Waals surface area contributed by atoms with Gasteiger partial charge in [0.25, 0.3) is 0 Å². The van der Waals surface area contributed by atoms with E-state index < -0.39 is 0 Å². The molecule has 0 unspecified atom stereocenters. The number of para-hydroxylation sites is 3. The minimum absolute atomic E-state index is 0.0440. The molecule has 3 N–H and O–H groups in total. The molecule has 1 aliphatic rings. The van der Waals surface area contributed by atoms with Gasteiger partial charge in [0.2, 0.25) is 5.43 Å². The van der Waals surface area contributed by atoms with Crippen molar-refractivity contribution in [3.05, 3.63) is 76.2 Å². The van der Waals surface area contributed by atoms with Crippen LogP contribution in [0, 0.1) is 11.3 Å². The van der Waals surface area contributed by atoms with Crippen molar-refractivity contribution in [2.75, 3.05) is 5.32 Å². The van der Waals surface area contributed by atoms with E-state index in [-0.39, 0.29) is 28.1 Å². The van der Waals surface area contributed by atoms with E-state index in [9.17, 15) is 10.1 Å². The quantitative estimate of drug-likeness (QED) is 0.714. The van der Waals surface area contributed by atoms with E-state index in [0.717, 1.165) is 0 Å². The normalized spacial score (nSPS) is 13.5. The van der Waals surface area contributed by atoms with Crippen LogP contribution in [0.3, 0.4) is 0 Å². The Labute approximate surface area is 142 Å². The molecule has 25 heavy (non-hydrogen) atoms. The molecule has 1 aromatic heterocycles. The van der Waals surface area contributed by atoms with Crippen molar-refractivity contribution in [2.45, 2.75) is 0 Å². The van der Waals surface area contributed by atoms with Crippen LogP contribution in [0.4, 0.5) is 11.4 Å². The first-order chi connectivity index (χ1) is 12.2. The predicted octanol–water partition coefficient (Wildman–Crippen LogP) is 3.14. The first-order valence-corrected chi connectivity index (χ1v) is 7.55. The molecule has 4 rings (SSSR count). The van der Waals surface area contributed by atoms with Gasteiger partial charge in [0.05, 0.1) is 28.0 Å². The van der Waals surface area contributed by atoms with Crippen LogP contribution in [0.15, 0.2) is 74.6 Å². The van der Waals surface area contributed by atoms with Crippen molar-refractivity contribution in [1.82, 2.24) is 0 Å². The fourth-order valence-corrected chi connectivity index (χ4v) is 2.75. The zero-order valence-electron chi connectivity index (χ0n) is 13.0. The second-order valence-corrected chi connectivity index (χ2v) is 5.48. The van der Waals surface area contributed by atoms with Gasteiger partial charge in [-0.3, -0.25) is 4.79 Å². The molecule has 6 nitrogen and oxygen atoms in total. The van der Waals surface area contributed by atoms with Crippen molar-refractivity contribution >= 4 is 33.9 Å². The molecular weight excluding hydrogens is 316 g/mol. The zero-order chi connectivity index (χ0) is 17.4. The molecule has 120 valence electrons. The molecule has 6 heteroatoms. The number of nitriles is 1. The summed E-state index contributed by atoms with van der Waals surface area (Å²) >= 11 is 0. The Morgan fingerprint density at radius 2 is 1.88 bits per heavy atom. The summed E-state index contributed by atoms with van der Waals surface area (Å²) in [4.78, 5) is 17.2. The molecule has 0 saturated heterocycles. The van der Waals surface area contributed by atoms with Gasteiger partial charge >= 0.3 is 0 Å². The van der Waals surface area contributed by atoms with Crippen molar-refractivity contribution in [3.63, 3.8) is 0 Å². The Kier molecular flexibility index (Phi) is 3.33. The summed E-state index contributed by atoms with van der Waals surface area (Å²) in [6, 6.07) is 16.2. The number of anilines is 1. The van der Waals surface area contributed by atoms with E-state index in [1.165, 1.54) is 6.26 Å². The highest BCUT2D eigenvalue weighted by atomic mass is 16.3. The van der Waals surface area contributed by atoms with Crippen LogP contribution in [-0.2, 0) is 0 Å². The van der Waals surface area contributed by atoms with Gasteiger partial charge in [-0.2, -0.15) is 5.26 Å². The van der Waals surface area contributed by atoms with Gasteiger partial charge in [-0.25, -0.2) is 4.99 Å². The van der Waals surface area contributed by atoms with Gasteiger partial charge in [0.15, 0.2) is 0 Å². The molecule has 1 aliphatic heterocycles. The number of rotatable bonds is 1. The summed E-state index contributed by atoms with van der Waals surface area (Å²) in [7, 11) is 0. The number of aliphatic imine (C=N–C) groups is 1. The van der Waals surface area contributed by atoms with Crippen molar-refractivity contribution in [1.29, 1.82) is 5.26 Å². The number of hydrogen-bond donors (Lipinski definition) is 2. The third-order valence-electron chi connectivity index (χ3n) is 3.97. The molecule has 3 aromatic rings. The number of nitrogens with two attached hydrogens (primary N) is 1. The van der Waals surface area contributed by atoms with Gasteiger partial charge < -0.3 is 15.5 Å². The van der Waals surface area contributed by atoms with Crippen LogP contribution in [0.5, 0.6) is 0 Å². The van der Waals surface area contributed by atoms with E-state index in [2.05, 4.69) is 10.3 Å². The average molecular weight is 328 g/mol. The third kappa shape index (κ3) is 2.35. The Hall–Kier alpha value is -3.85. The van der Waals surface area contributed by atoms with E-state index in [1.807, 2.05) is 18.2 Å². The van der Waals surface area contributed by atoms with Gasteiger partial charge in [-0.1, -0.05) is 24.3 Å². The fraction of sp³-hybridized carbons (Fsp3) is 0. The standard InChI is InChI=1S/C19H12N4O2/c20-9-12-17(22-14-6-2-3-7-15(14)23-19(12)21)13-10-25-16-8-4-1-5-11(16)18(13)24/h1-8,10,22H,(H2,21,23). The number of benzene rings is 2. The molecule has 0 bridgehead atoms. The Balaban J connectivity index is 2.01. The minimum Gasteiger partial charge on any atom is -0.463 e. The number of hydrogen-bond acceptors (Lipinski definition) is 6. The molecule has 2 aromatic carbocycles. The first-order valence-electron chi connectivity index (χ1n) is 7.55. The predicted molar refractivity (Wildman–Crippen MR) is 96.4 cm³/mol. The minimum atomic E-state index is -0.246. The van der Waals surface area contributed by atoms with E-state index in [0.29, 0.717) is 22.3 Å². The summed E-state index contributed by atoms with van der Waals surface area (Å²) in [5.41, 5.74) is 8.07.